The van der Waals surface area contributed by atoms with E-state index < -0.39 is 6.10 Å². The lowest BCUT2D eigenvalue weighted by Crippen LogP contribution is -2.36. The van der Waals surface area contributed by atoms with Gasteiger partial charge in [0, 0.05) is 0 Å². The fraction of sp³-hybridized carbons (Fsp3) is 0.300. The molecule has 23 heavy (non-hydrogen) atoms. The summed E-state index contributed by atoms with van der Waals surface area (Å²) in [6.07, 6.45) is 2.96. The Kier molecular flexibility index (Phi) is 4.58. The maximum absolute atomic E-state index is 10.6. The second-order valence-corrected chi connectivity index (χ2v) is 6.44. The second-order valence-electron chi connectivity index (χ2n) is 6.44. The quantitative estimate of drug-likeness (QED) is 0.692. The van der Waals surface area contributed by atoms with Crippen molar-refractivity contribution < 1.29 is 5.11 Å². The van der Waals surface area contributed by atoms with Crippen LogP contribution in [0.5, 0.6) is 0 Å². The third-order valence-corrected chi connectivity index (χ3v) is 5.16. The normalized spacial score (nSPS) is 17.5. The van der Waals surface area contributed by atoms with Crippen LogP contribution in [0.1, 0.15) is 30.9 Å². The van der Waals surface area contributed by atoms with Gasteiger partial charge in [-0.15, -0.1) is 12.4 Å². The van der Waals surface area contributed by atoms with Crippen molar-refractivity contribution in [2.45, 2.75) is 31.4 Å². The Labute approximate surface area is 142 Å². The molecule has 120 valence electrons. The summed E-state index contributed by atoms with van der Waals surface area (Å²) in [7, 11) is 0. The van der Waals surface area contributed by atoms with Gasteiger partial charge in [0.2, 0.25) is 0 Å². The largest absolute Gasteiger partial charge is 0.391 e. The van der Waals surface area contributed by atoms with Gasteiger partial charge in [0.15, 0.2) is 0 Å². The van der Waals surface area contributed by atoms with Gasteiger partial charge in [0.25, 0.3) is 0 Å². The fourth-order valence-corrected chi connectivity index (χ4v) is 3.62. The van der Waals surface area contributed by atoms with Crippen molar-refractivity contribution in [3.05, 3.63) is 60.2 Å². The first-order valence-electron chi connectivity index (χ1n) is 8.10. The molecule has 0 aliphatic heterocycles. The summed E-state index contributed by atoms with van der Waals surface area (Å²) < 4.78 is 0. The number of aliphatic hydroxyl groups excluding tert-OH is 1. The number of halogens is 1. The average Bonchev–Trinajstić information content (AvgIpc) is 2.51. The van der Waals surface area contributed by atoms with Crippen LogP contribution < -0.4 is 5.73 Å². The zero-order chi connectivity index (χ0) is 15.1. The van der Waals surface area contributed by atoms with Crippen molar-refractivity contribution >= 4 is 34.0 Å². The van der Waals surface area contributed by atoms with Crippen LogP contribution in [0.4, 0.5) is 0 Å². The molecular weight excluding hydrogens is 306 g/mol. The van der Waals surface area contributed by atoms with E-state index >= 15 is 0 Å². The number of benzene rings is 3. The number of hydrogen-bond donors (Lipinski definition) is 2. The van der Waals surface area contributed by atoms with Crippen LogP contribution in [-0.4, -0.2) is 11.2 Å². The smallest absolute Gasteiger partial charge is 0.0761 e. The first-order valence-corrected chi connectivity index (χ1v) is 8.10. The van der Waals surface area contributed by atoms with E-state index in [1.165, 1.54) is 22.6 Å². The zero-order valence-electron chi connectivity index (χ0n) is 13.0. The van der Waals surface area contributed by atoms with E-state index in [4.69, 9.17) is 5.73 Å². The van der Waals surface area contributed by atoms with E-state index in [0.717, 1.165) is 23.8 Å². The van der Waals surface area contributed by atoms with E-state index in [2.05, 4.69) is 48.5 Å². The molecular formula is C20H22ClNO. The highest BCUT2D eigenvalue weighted by atomic mass is 35.5. The average molecular weight is 328 g/mol. The Morgan fingerprint density at radius 3 is 2.17 bits per heavy atom. The van der Waals surface area contributed by atoms with E-state index in [1.54, 1.807) is 0 Å². The first kappa shape index (κ1) is 16.3. The number of rotatable bonds is 3. The van der Waals surface area contributed by atoms with Crippen molar-refractivity contribution in [2.24, 2.45) is 11.7 Å². The number of aliphatic hydroxyl groups is 1. The molecule has 0 bridgehead atoms. The summed E-state index contributed by atoms with van der Waals surface area (Å²) in [5.74, 6) is 0.361. The Hall–Kier alpha value is -1.61. The van der Waals surface area contributed by atoms with Gasteiger partial charge in [-0.25, -0.2) is 0 Å². The van der Waals surface area contributed by atoms with Gasteiger partial charge in [0.05, 0.1) is 12.1 Å². The topological polar surface area (TPSA) is 46.2 Å². The van der Waals surface area contributed by atoms with Crippen LogP contribution in [0.3, 0.4) is 0 Å². The molecule has 1 fully saturated rings. The minimum absolute atomic E-state index is 0. The van der Waals surface area contributed by atoms with Crippen molar-refractivity contribution in [3.63, 3.8) is 0 Å². The van der Waals surface area contributed by atoms with Crippen molar-refractivity contribution in [1.82, 2.24) is 0 Å². The lowest BCUT2D eigenvalue weighted by atomic mass is 9.77. The summed E-state index contributed by atoms with van der Waals surface area (Å²) in [4.78, 5) is 0. The lowest BCUT2D eigenvalue weighted by Gasteiger charge is -2.34. The van der Waals surface area contributed by atoms with Gasteiger partial charge in [-0.1, -0.05) is 55.0 Å². The lowest BCUT2D eigenvalue weighted by molar-refractivity contribution is 0.0417. The molecule has 3 heteroatoms. The molecule has 2 atom stereocenters. The molecule has 0 saturated heterocycles. The van der Waals surface area contributed by atoms with Crippen molar-refractivity contribution in [2.75, 3.05) is 0 Å². The van der Waals surface area contributed by atoms with E-state index in [0.29, 0.717) is 5.92 Å². The van der Waals surface area contributed by atoms with E-state index in [-0.39, 0.29) is 18.4 Å². The highest BCUT2D eigenvalue weighted by molar-refractivity contribution is 6.09. The highest BCUT2D eigenvalue weighted by Crippen LogP contribution is 2.37. The number of fused-ring (bicyclic) bond motifs is 3. The van der Waals surface area contributed by atoms with Crippen LogP contribution in [0.2, 0.25) is 0 Å². The molecule has 4 rings (SSSR count). The third-order valence-electron chi connectivity index (χ3n) is 5.16. The van der Waals surface area contributed by atoms with Gasteiger partial charge < -0.3 is 10.8 Å². The van der Waals surface area contributed by atoms with Gasteiger partial charge in [-0.3, -0.25) is 0 Å². The zero-order valence-corrected chi connectivity index (χ0v) is 13.8. The maximum Gasteiger partial charge on any atom is 0.0761 e. The Bertz CT molecular complexity index is 828. The second kappa shape index (κ2) is 6.48. The standard InChI is InChI=1S/C20H21NO.ClH/c21-19(20(22)13-7-5-8-13)18-12-14-6-1-2-9-15(14)16-10-3-4-11-17(16)18;/h1-4,6,9-13,19-20,22H,5,7-8,21H2;1H/t19-,20+;/m0./s1. The van der Waals surface area contributed by atoms with Crippen molar-refractivity contribution in [3.8, 4) is 0 Å². The van der Waals surface area contributed by atoms with Crippen LogP contribution in [-0.2, 0) is 0 Å². The van der Waals surface area contributed by atoms with Gasteiger partial charge in [-0.05, 0) is 51.9 Å². The molecule has 2 nitrogen and oxygen atoms in total. The molecule has 3 N–H and O–H groups in total. The predicted molar refractivity (Wildman–Crippen MR) is 99.0 cm³/mol. The SMILES string of the molecule is Cl.N[C@@H](c1cc2ccccc2c2ccccc12)[C@H](O)C1CCC1. The number of hydrogen-bond acceptors (Lipinski definition) is 2. The van der Waals surface area contributed by atoms with Gasteiger partial charge >= 0.3 is 0 Å². The predicted octanol–water partition coefficient (Wildman–Crippen LogP) is 4.58. The molecule has 1 aliphatic carbocycles. The van der Waals surface area contributed by atoms with Crippen LogP contribution >= 0.6 is 12.4 Å². The van der Waals surface area contributed by atoms with Crippen LogP contribution in [0.15, 0.2) is 54.6 Å². The minimum atomic E-state index is -0.446. The first-order chi connectivity index (χ1) is 10.8. The summed E-state index contributed by atoms with van der Waals surface area (Å²) in [6.45, 7) is 0. The molecule has 0 radical (unpaired) electrons. The molecule has 1 saturated carbocycles. The Balaban J connectivity index is 0.00000156. The van der Waals surface area contributed by atoms with Crippen molar-refractivity contribution in [1.29, 1.82) is 0 Å². The van der Waals surface area contributed by atoms with Gasteiger partial charge in [-0.2, -0.15) is 0 Å². The van der Waals surface area contributed by atoms with E-state index in [9.17, 15) is 5.11 Å². The minimum Gasteiger partial charge on any atom is -0.391 e. The molecule has 0 unspecified atom stereocenters. The van der Waals surface area contributed by atoms with Crippen LogP contribution in [0.25, 0.3) is 21.5 Å². The Morgan fingerprint density at radius 1 is 0.913 bits per heavy atom. The molecule has 0 heterocycles. The summed E-state index contributed by atoms with van der Waals surface area (Å²) in [6, 6.07) is 18.6. The molecule has 0 aromatic heterocycles. The van der Waals surface area contributed by atoms with Gasteiger partial charge in [0.1, 0.15) is 0 Å². The molecule has 0 amide bonds. The fourth-order valence-electron chi connectivity index (χ4n) is 3.62. The Morgan fingerprint density at radius 2 is 1.52 bits per heavy atom. The molecule has 1 aliphatic rings. The van der Waals surface area contributed by atoms with Crippen LogP contribution in [0, 0.1) is 5.92 Å². The summed E-state index contributed by atoms with van der Waals surface area (Å²) >= 11 is 0. The molecule has 3 aromatic carbocycles. The summed E-state index contributed by atoms with van der Waals surface area (Å²) in [5, 5.41) is 15.4. The molecule has 3 aromatic rings. The monoisotopic (exact) mass is 327 g/mol. The third kappa shape index (κ3) is 2.72. The highest BCUT2D eigenvalue weighted by Gasteiger charge is 2.31. The van der Waals surface area contributed by atoms with E-state index in [1.807, 2.05) is 6.07 Å². The maximum atomic E-state index is 10.6. The summed E-state index contributed by atoms with van der Waals surface area (Å²) in [5.41, 5.74) is 7.52. The molecule has 0 spiro atoms. The number of nitrogens with two attached hydrogens (primary N) is 1.